The summed E-state index contributed by atoms with van der Waals surface area (Å²) in [7, 11) is 0. The monoisotopic (exact) mass is 258 g/mol. The molecule has 2 rings (SSSR count). The van der Waals surface area contributed by atoms with Gasteiger partial charge in [-0.3, -0.25) is 10.1 Å². The van der Waals surface area contributed by atoms with Crippen molar-refractivity contribution in [1.82, 2.24) is 4.98 Å². The average molecular weight is 258 g/mol. The van der Waals surface area contributed by atoms with Crippen LogP contribution in [0.1, 0.15) is 11.1 Å². The Bertz CT molecular complexity index is 641. The minimum absolute atomic E-state index is 0.0844. The van der Waals surface area contributed by atoms with Gasteiger partial charge in [-0.1, -0.05) is 6.07 Å². The molecule has 0 aliphatic carbocycles. The van der Waals surface area contributed by atoms with Gasteiger partial charge in [-0.15, -0.1) is 0 Å². The molecule has 1 aromatic heterocycles. The number of hydrogen-bond acceptors (Lipinski definition) is 5. The highest BCUT2D eigenvalue weighted by atomic mass is 16.6. The largest absolute Gasteiger partial charge is 0.383 e. The van der Waals surface area contributed by atoms with Crippen LogP contribution in [-0.2, 0) is 0 Å². The fourth-order valence-corrected chi connectivity index (χ4v) is 1.67. The van der Waals surface area contributed by atoms with Gasteiger partial charge >= 0.3 is 0 Å². The highest BCUT2D eigenvalue weighted by Crippen LogP contribution is 2.23. The van der Waals surface area contributed by atoms with Crippen molar-refractivity contribution in [2.45, 2.75) is 13.8 Å². The summed E-state index contributed by atoms with van der Waals surface area (Å²) in [6, 6.07) is 8.39. The van der Waals surface area contributed by atoms with E-state index in [1.54, 1.807) is 0 Å². The van der Waals surface area contributed by atoms with Gasteiger partial charge in [0, 0.05) is 5.69 Å². The zero-order valence-electron chi connectivity index (χ0n) is 10.7. The van der Waals surface area contributed by atoms with Crippen molar-refractivity contribution < 1.29 is 4.92 Å². The minimum Gasteiger partial charge on any atom is -0.383 e. The third-order valence-corrected chi connectivity index (χ3v) is 2.82. The molecule has 0 aliphatic heterocycles. The number of aromatic nitrogens is 1. The Morgan fingerprint density at radius 2 is 1.95 bits per heavy atom. The second kappa shape index (κ2) is 4.93. The van der Waals surface area contributed by atoms with E-state index in [1.807, 2.05) is 32.0 Å². The van der Waals surface area contributed by atoms with Crippen molar-refractivity contribution in [3.8, 4) is 0 Å². The Kier molecular flexibility index (Phi) is 3.33. The number of nitrogens with one attached hydrogen (secondary N) is 1. The molecule has 0 radical (unpaired) electrons. The molecule has 0 aliphatic rings. The van der Waals surface area contributed by atoms with Crippen LogP contribution in [0.3, 0.4) is 0 Å². The lowest BCUT2D eigenvalue weighted by molar-refractivity contribution is -0.384. The number of nitro groups is 1. The summed E-state index contributed by atoms with van der Waals surface area (Å²) in [6.07, 6.45) is 0. The Morgan fingerprint density at radius 3 is 2.58 bits per heavy atom. The van der Waals surface area contributed by atoms with E-state index < -0.39 is 4.92 Å². The number of rotatable bonds is 3. The van der Waals surface area contributed by atoms with Crippen LogP contribution in [0.5, 0.6) is 0 Å². The molecule has 1 heterocycles. The van der Waals surface area contributed by atoms with Crippen LogP contribution in [0.15, 0.2) is 30.3 Å². The first-order chi connectivity index (χ1) is 8.95. The minimum atomic E-state index is -0.496. The molecule has 0 atom stereocenters. The molecule has 0 bridgehead atoms. The summed E-state index contributed by atoms with van der Waals surface area (Å²) >= 11 is 0. The number of nitrogens with zero attached hydrogens (tertiary/aromatic N) is 2. The zero-order valence-corrected chi connectivity index (χ0v) is 10.7. The molecule has 6 heteroatoms. The molecule has 0 saturated carbocycles. The van der Waals surface area contributed by atoms with Crippen molar-refractivity contribution in [3.63, 3.8) is 0 Å². The summed E-state index contributed by atoms with van der Waals surface area (Å²) in [5, 5.41) is 13.8. The van der Waals surface area contributed by atoms with Crippen LogP contribution in [0, 0.1) is 24.0 Å². The van der Waals surface area contributed by atoms with Crippen molar-refractivity contribution in [2.24, 2.45) is 0 Å². The molecule has 3 N–H and O–H groups in total. The summed E-state index contributed by atoms with van der Waals surface area (Å²) < 4.78 is 0. The van der Waals surface area contributed by atoms with E-state index in [-0.39, 0.29) is 11.5 Å². The predicted molar refractivity (Wildman–Crippen MR) is 74.5 cm³/mol. The third-order valence-electron chi connectivity index (χ3n) is 2.82. The Hall–Kier alpha value is -2.63. The van der Waals surface area contributed by atoms with Gasteiger partial charge in [0.15, 0.2) is 0 Å². The Morgan fingerprint density at radius 1 is 1.21 bits per heavy atom. The number of benzene rings is 1. The van der Waals surface area contributed by atoms with E-state index >= 15 is 0 Å². The Labute approximate surface area is 110 Å². The quantitative estimate of drug-likeness (QED) is 0.652. The highest BCUT2D eigenvalue weighted by molar-refractivity contribution is 5.62. The first-order valence-electron chi connectivity index (χ1n) is 5.72. The SMILES string of the molecule is Cc1ccc(Nc2cc([N+](=O)[O-])cc(N)n2)cc1C. The molecule has 0 spiro atoms. The van der Waals surface area contributed by atoms with Gasteiger partial charge in [0.25, 0.3) is 5.69 Å². The average Bonchev–Trinajstić information content (AvgIpc) is 2.33. The smallest absolute Gasteiger partial charge is 0.276 e. The maximum atomic E-state index is 10.8. The summed E-state index contributed by atoms with van der Waals surface area (Å²) in [6.45, 7) is 4.01. The molecule has 0 fully saturated rings. The van der Waals surface area contributed by atoms with Gasteiger partial charge in [-0.25, -0.2) is 4.98 Å². The van der Waals surface area contributed by atoms with Gasteiger partial charge in [0.2, 0.25) is 0 Å². The fourth-order valence-electron chi connectivity index (χ4n) is 1.67. The Balaban J connectivity index is 2.32. The van der Waals surface area contributed by atoms with Gasteiger partial charge < -0.3 is 11.1 Å². The van der Waals surface area contributed by atoms with Gasteiger partial charge in [0.05, 0.1) is 17.1 Å². The maximum Gasteiger partial charge on any atom is 0.276 e. The van der Waals surface area contributed by atoms with E-state index in [1.165, 1.54) is 17.7 Å². The lowest BCUT2D eigenvalue weighted by atomic mass is 10.1. The summed E-state index contributed by atoms with van der Waals surface area (Å²) in [5.74, 6) is 0.468. The second-order valence-corrected chi connectivity index (χ2v) is 4.32. The highest BCUT2D eigenvalue weighted by Gasteiger charge is 2.10. The van der Waals surface area contributed by atoms with Gasteiger partial charge in [-0.2, -0.15) is 0 Å². The predicted octanol–water partition coefficient (Wildman–Crippen LogP) is 2.93. The molecular formula is C13H14N4O2. The van der Waals surface area contributed by atoms with Crippen molar-refractivity contribution in [2.75, 3.05) is 11.1 Å². The molecular weight excluding hydrogens is 244 g/mol. The molecule has 0 amide bonds. The number of anilines is 3. The number of aryl methyl sites for hydroxylation is 2. The molecule has 1 aromatic carbocycles. The standard InChI is InChI=1S/C13H14N4O2/c1-8-3-4-10(5-9(8)2)15-13-7-11(17(18)19)6-12(14)16-13/h3-7H,1-2H3,(H3,14,15,16). The van der Waals surface area contributed by atoms with E-state index in [0.717, 1.165) is 11.3 Å². The van der Waals surface area contributed by atoms with Crippen molar-refractivity contribution in [3.05, 3.63) is 51.6 Å². The summed E-state index contributed by atoms with van der Waals surface area (Å²) in [4.78, 5) is 14.3. The van der Waals surface area contributed by atoms with Crippen LogP contribution < -0.4 is 11.1 Å². The van der Waals surface area contributed by atoms with Gasteiger partial charge in [-0.05, 0) is 37.1 Å². The van der Waals surface area contributed by atoms with Crippen LogP contribution in [-0.4, -0.2) is 9.91 Å². The van der Waals surface area contributed by atoms with E-state index in [2.05, 4.69) is 10.3 Å². The second-order valence-electron chi connectivity index (χ2n) is 4.32. The van der Waals surface area contributed by atoms with E-state index in [9.17, 15) is 10.1 Å². The van der Waals surface area contributed by atoms with Crippen molar-refractivity contribution >= 4 is 23.0 Å². The van der Waals surface area contributed by atoms with Crippen LogP contribution in [0.2, 0.25) is 0 Å². The van der Waals surface area contributed by atoms with Crippen molar-refractivity contribution in [1.29, 1.82) is 0 Å². The molecule has 2 aromatic rings. The fraction of sp³-hybridized carbons (Fsp3) is 0.154. The van der Waals surface area contributed by atoms with E-state index in [4.69, 9.17) is 5.73 Å². The topological polar surface area (TPSA) is 94.1 Å². The molecule has 0 saturated heterocycles. The lowest BCUT2D eigenvalue weighted by Crippen LogP contribution is -2.00. The number of hydrogen-bond donors (Lipinski definition) is 2. The third kappa shape index (κ3) is 2.98. The number of nitrogens with two attached hydrogens (primary N) is 1. The van der Waals surface area contributed by atoms with Crippen LogP contribution in [0.4, 0.5) is 23.0 Å². The molecule has 6 nitrogen and oxygen atoms in total. The molecule has 0 unspecified atom stereocenters. The zero-order chi connectivity index (χ0) is 14.0. The number of nitrogen functional groups attached to an aromatic ring is 1. The normalized spacial score (nSPS) is 10.2. The summed E-state index contributed by atoms with van der Waals surface area (Å²) in [5.41, 5.74) is 8.59. The van der Waals surface area contributed by atoms with Crippen LogP contribution >= 0.6 is 0 Å². The molecule has 98 valence electrons. The number of pyridine rings is 1. The van der Waals surface area contributed by atoms with E-state index in [0.29, 0.717) is 5.82 Å². The first-order valence-corrected chi connectivity index (χ1v) is 5.72. The molecule has 19 heavy (non-hydrogen) atoms. The maximum absolute atomic E-state index is 10.8. The first kappa shape index (κ1) is 12.8. The lowest BCUT2D eigenvalue weighted by Gasteiger charge is -2.08. The van der Waals surface area contributed by atoms with Gasteiger partial charge in [0.1, 0.15) is 11.6 Å². The van der Waals surface area contributed by atoms with Crippen LogP contribution in [0.25, 0.3) is 0 Å².